The summed E-state index contributed by atoms with van der Waals surface area (Å²) in [5.74, 6) is 0.668. The van der Waals surface area contributed by atoms with Gasteiger partial charge in [0.2, 0.25) is 0 Å². The molecule has 2 atom stereocenters. The molecule has 1 saturated heterocycles. The van der Waals surface area contributed by atoms with Crippen molar-refractivity contribution in [1.29, 1.82) is 0 Å². The second kappa shape index (κ2) is 2.32. The minimum atomic E-state index is -0.136. The summed E-state index contributed by atoms with van der Waals surface area (Å²) >= 11 is 0. The van der Waals surface area contributed by atoms with Gasteiger partial charge in [0.25, 0.3) is 0 Å². The van der Waals surface area contributed by atoms with Crippen molar-refractivity contribution in [2.24, 2.45) is 5.92 Å². The Hall–Kier alpha value is -0.890. The molecule has 1 unspecified atom stereocenters. The molecule has 2 heteroatoms. The number of nitrogens with one attached hydrogen (secondary N) is 1. The molecule has 1 aliphatic heterocycles. The minimum absolute atomic E-state index is 0.136. The van der Waals surface area contributed by atoms with Crippen LogP contribution in [0.4, 0.5) is 4.39 Å². The second-order valence-corrected chi connectivity index (χ2v) is 4.19. The largest absolute Gasteiger partial charge is 0.316 e. The van der Waals surface area contributed by atoms with E-state index in [9.17, 15) is 4.39 Å². The van der Waals surface area contributed by atoms with Crippen LogP contribution >= 0.6 is 0 Å². The summed E-state index contributed by atoms with van der Waals surface area (Å²) in [7, 11) is 0. The van der Waals surface area contributed by atoms with Crippen LogP contribution in [0.15, 0.2) is 24.3 Å². The molecule has 1 saturated carbocycles. The number of fused-ring (bicyclic) bond motifs is 1. The SMILES string of the molecule is Fc1ccc(C23CNC[C@H]2C3)cc1. The number of rotatable bonds is 1. The number of hydrogen-bond donors (Lipinski definition) is 1. The lowest BCUT2D eigenvalue weighted by Gasteiger charge is -2.11. The maximum absolute atomic E-state index is 12.7. The fourth-order valence-electron chi connectivity index (χ4n) is 2.57. The Morgan fingerprint density at radius 2 is 2.08 bits per heavy atom. The van der Waals surface area contributed by atoms with E-state index in [4.69, 9.17) is 0 Å². The van der Waals surface area contributed by atoms with Gasteiger partial charge >= 0.3 is 0 Å². The third-order valence-corrected chi connectivity index (χ3v) is 3.48. The molecular weight excluding hydrogens is 165 g/mol. The van der Waals surface area contributed by atoms with E-state index in [1.807, 2.05) is 12.1 Å². The molecule has 2 aliphatic rings. The average molecular weight is 177 g/mol. The third kappa shape index (κ3) is 0.953. The lowest BCUT2D eigenvalue weighted by Crippen LogP contribution is -2.19. The molecule has 1 heterocycles. The minimum Gasteiger partial charge on any atom is -0.316 e. The highest BCUT2D eigenvalue weighted by Crippen LogP contribution is 2.56. The van der Waals surface area contributed by atoms with Crippen LogP contribution in [-0.2, 0) is 5.41 Å². The summed E-state index contributed by atoms with van der Waals surface area (Å²) < 4.78 is 12.7. The average Bonchev–Trinajstić information content (AvgIpc) is 2.71. The van der Waals surface area contributed by atoms with Crippen LogP contribution in [0.5, 0.6) is 0 Å². The second-order valence-electron chi connectivity index (χ2n) is 4.19. The van der Waals surface area contributed by atoms with Crippen molar-refractivity contribution in [2.75, 3.05) is 13.1 Å². The van der Waals surface area contributed by atoms with E-state index in [2.05, 4.69) is 5.32 Å². The molecule has 1 aromatic carbocycles. The standard InChI is InChI=1S/C11H12FN/c12-10-3-1-8(2-4-10)11-5-9(11)6-13-7-11/h1-4,9,13H,5-7H2/t9-,11?/m1/s1. The van der Waals surface area contributed by atoms with E-state index in [0.29, 0.717) is 5.41 Å². The fourth-order valence-corrected chi connectivity index (χ4v) is 2.57. The van der Waals surface area contributed by atoms with E-state index in [0.717, 1.165) is 19.0 Å². The quantitative estimate of drug-likeness (QED) is 0.688. The Morgan fingerprint density at radius 3 is 2.62 bits per heavy atom. The summed E-state index contributed by atoms with van der Waals surface area (Å²) in [6.07, 6.45) is 1.28. The maximum Gasteiger partial charge on any atom is 0.123 e. The van der Waals surface area contributed by atoms with Gasteiger partial charge in [0.05, 0.1) is 0 Å². The molecule has 2 fully saturated rings. The summed E-state index contributed by atoms with van der Waals surface area (Å²) in [6, 6.07) is 7.00. The van der Waals surface area contributed by atoms with Gasteiger partial charge in [-0.25, -0.2) is 4.39 Å². The Morgan fingerprint density at radius 1 is 1.31 bits per heavy atom. The van der Waals surface area contributed by atoms with Crippen LogP contribution in [0.1, 0.15) is 12.0 Å². The molecule has 1 nitrogen and oxygen atoms in total. The molecule has 1 N–H and O–H groups in total. The van der Waals surface area contributed by atoms with Crippen LogP contribution in [-0.4, -0.2) is 13.1 Å². The Labute approximate surface area is 77.0 Å². The van der Waals surface area contributed by atoms with Gasteiger partial charge < -0.3 is 5.32 Å². The number of halogens is 1. The predicted molar refractivity (Wildman–Crippen MR) is 49.1 cm³/mol. The molecule has 1 aromatic rings. The molecule has 0 aromatic heterocycles. The van der Waals surface area contributed by atoms with Crippen LogP contribution in [0, 0.1) is 11.7 Å². The Balaban J connectivity index is 1.97. The number of benzene rings is 1. The summed E-state index contributed by atoms with van der Waals surface area (Å²) in [6.45, 7) is 2.21. The molecule has 13 heavy (non-hydrogen) atoms. The van der Waals surface area contributed by atoms with Crippen LogP contribution < -0.4 is 5.32 Å². The normalized spacial score (nSPS) is 35.9. The molecule has 0 bridgehead atoms. The lowest BCUT2D eigenvalue weighted by atomic mass is 9.95. The zero-order valence-corrected chi connectivity index (χ0v) is 7.39. The monoisotopic (exact) mass is 177 g/mol. The Kier molecular flexibility index (Phi) is 1.34. The van der Waals surface area contributed by atoms with E-state index in [1.54, 1.807) is 12.1 Å². The molecule has 0 amide bonds. The van der Waals surface area contributed by atoms with Crippen molar-refractivity contribution in [3.05, 3.63) is 35.6 Å². The molecule has 1 aliphatic carbocycles. The van der Waals surface area contributed by atoms with E-state index < -0.39 is 0 Å². The number of piperidine rings is 1. The van der Waals surface area contributed by atoms with Crippen molar-refractivity contribution >= 4 is 0 Å². The third-order valence-electron chi connectivity index (χ3n) is 3.48. The fraction of sp³-hybridized carbons (Fsp3) is 0.455. The first kappa shape index (κ1) is 7.51. The molecular formula is C11H12FN. The highest BCUT2D eigenvalue weighted by molar-refractivity contribution is 5.36. The molecule has 0 spiro atoms. The van der Waals surface area contributed by atoms with Gasteiger partial charge in [-0.15, -0.1) is 0 Å². The van der Waals surface area contributed by atoms with E-state index in [-0.39, 0.29) is 5.82 Å². The van der Waals surface area contributed by atoms with E-state index in [1.165, 1.54) is 12.0 Å². The molecule has 3 rings (SSSR count). The topological polar surface area (TPSA) is 12.0 Å². The van der Waals surface area contributed by atoms with Gasteiger partial charge in [0.1, 0.15) is 5.82 Å². The highest BCUT2D eigenvalue weighted by Gasteiger charge is 2.57. The lowest BCUT2D eigenvalue weighted by molar-refractivity contribution is 0.622. The van der Waals surface area contributed by atoms with Crippen molar-refractivity contribution in [2.45, 2.75) is 11.8 Å². The van der Waals surface area contributed by atoms with Gasteiger partial charge in [-0.1, -0.05) is 12.1 Å². The van der Waals surface area contributed by atoms with Gasteiger partial charge in [0, 0.05) is 12.0 Å². The van der Waals surface area contributed by atoms with Gasteiger partial charge in [-0.2, -0.15) is 0 Å². The van der Waals surface area contributed by atoms with Crippen molar-refractivity contribution in [3.8, 4) is 0 Å². The summed E-state index contributed by atoms with van der Waals surface area (Å²) in [5, 5.41) is 3.38. The Bertz CT molecular complexity index is 332. The summed E-state index contributed by atoms with van der Waals surface area (Å²) in [5.41, 5.74) is 1.68. The van der Waals surface area contributed by atoms with Gasteiger partial charge in [-0.3, -0.25) is 0 Å². The van der Waals surface area contributed by atoms with Crippen molar-refractivity contribution in [3.63, 3.8) is 0 Å². The zero-order valence-electron chi connectivity index (χ0n) is 7.39. The van der Waals surface area contributed by atoms with Crippen LogP contribution in [0.3, 0.4) is 0 Å². The van der Waals surface area contributed by atoms with Crippen molar-refractivity contribution in [1.82, 2.24) is 5.32 Å². The molecule has 0 radical (unpaired) electrons. The molecule has 68 valence electrons. The first-order valence-electron chi connectivity index (χ1n) is 4.78. The van der Waals surface area contributed by atoms with E-state index >= 15 is 0 Å². The first-order chi connectivity index (χ1) is 6.31. The van der Waals surface area contributed by atoms with Crippen molar-refractivity contribution < 1.29 is 4.39 Å². The number of hydrogen-bond acceptors (Lipinski definition) is 1. The van der Waals surface area contributed by atoms with Crippen LogP contribution in [0.2, 0.25) is 0 Å². The zero-order chi connectivity index (χ0) is 8.89. The van der Waals surface area contributed by atoms with Gasteiger partial charge in [-0.05, 0) is 36.6 Å². The van der Waals surface area contributed by atoms with Gasteiger partial charge in [0.15, 0.2) is 0 Å². The summed E-state index contributed by atoms with van der Waals surface area (Å²) in [4.78, 5) is 0. The maximum atomic E-state index is 12.7. The highest BCUT2D eigenvalue weighted by atomic mass is 19.1. The predicted octanol–water partition coefficient (Wildman–Crippen LogP) is 1.69. The smallest absolute Gasteiger partial charge is 0.123 e. The first-order valence-corrected chi connectivity index (χ1v) is 4.78. The van der Waals surface area contributed by atoms with Crippen LogP contribution in [0.25, 0.3) is 0 Å².